The van der Waals surface area contributed by atoms with E-state index in [4.69, 9.17) is 0 Å². The van der Waals surface area contributed by atoms with E-state index in [1.54, 1.807) is 0 Å². The van der Waals surface area contributed by atoms with Gasteiger partial charge in [0.1, 0.15) is 0 Å². The lowest BCUT2D eigenvalue weighted by atomic mass is 10.2. The van der Waals surface area contributed by atoms with Crippen LogP contribution in [-0.2, 0) is 6.54 Å². The fourth-order valence-electron chi connectivity index (χ4n) is 1.49. The number of nitrogens with one attached hydrogen (secondary N) is 2. The van der Waals surface area contributed by atoms with E-state index in [9.17, 15) is 0 Å². The van der Waals surface area contributed by atoms with Gasteiger partial charge < -0.3 is 10.6 Å². The molecular weight excluding hydrogens is 192 g/mol. The molecule has 0 saturated carbocycles. The van der Waals surface area contributed by atoms with Crippen LogP contribution in [-0.4, -0.2) is 13.7 Å². The van der Waals surface area contributed by atoms with E-state index in [0.29, 0.717) is 0 Å². The predicted octanol–water partition coefficient (Wildman–Crippen LogP) is 2.17. The average molecular weight is 206 g/mol. The van der Waals surface area contributed by atoms with Crippen LogP contribution in [0.1, 0.15) is 5.56 Å². The molecule has 0 amide bonds. The molecule has 2 rings (SSSR count). The van der Waals surface area contributed by atoms with Crippen molar-refractivity contribution in [3.63, 3.8) is 0 Å². The highest BCUT2D eigenvalue weighted by atomic mass is 32.1. The Morgan fingerprint density at radius 2 is 2.14 bits per heavy atom. The molecule has 2 aromatic rings. The molecule has 74 valence electrons. The van der Waals surface area contributed by atoms with Crippen molar-refractivity contribution in [1.82, 2.24) is 10.6 Å². The second-order valence-electron chi connectivity index (χ2n) is 3.21. The third kappa shape index (κ3) is 1.95. The second-order valence-corrected chi connectivity index (χ2v) is 4.13. The summed E-state index contributed by atoms with van der Waals surface area (Å²) in [6.45, 7) is 1.79. The number of rotatable bonds is 4. The minimum absolute atomic E-state index is 0.851. The van der Waals surface area contributed by atoms with Crippen LogP contribution >= 0.6 is 11.3 Å². The first-order valence-electron chi connectivity index (χ1n) is 4.72. The highest BCUT2D eigenvalue weighted by molar-refractivity contribution is 7.17. The fraction of sp³-hybridized carbons (Fsp3) is 0.273. The van der Waals surface area contributed by atoms with Crippen molar-refractivity contribution in [2.45, 2.75) is 6.54 Å². The lowest BCUT2D eigenvalue weighted by molar-refractivity contribution is 0.634. The lowest BCUT2D eigenvalue weighted by Gasteiger charge is -2.01. The highest BCUT2D eigenvalue weighted by Gasteiger charge is 2.01. The summed E-state index contributed by atoms with van der Waals surface area (Å²) in [5.74, 6) is 0. The molecule has 0 atom stereocenters. The predicted molar refractivity (Wildman–Crippen MR) is 62.6 cm³/mol. The van der Waals surface area contributed by atoms with Crippen molar-refractivity contribution >= 4 is 21.4 Å². The molecule has 0 bridgehead atoms. The fourth-order valence-corrected chi connectivity index (χ4v) is 2.45. The average Bonchev–Trinajstić information content (AvgIpc) is 2.63. The van der Waals surface area contributed by atoms with Crippen molar-refractivity contribution in [2.24, 2.45) is 0 Å². The van der Waals surface area contributed by atoms with Crippen molar-refractivity contribution in [1.29, 1.82) is 0 Å². The van der Waals surface area contributed by atoms with Gasteiger partial charge in [-0.15, -0.1) is 11.3 Å². The van der Waals surface area contributed by atoms with Crippen molar-refractivity contribution < 1.29 is 0 Å². The number of thiophene rings is 1. The van der Waals surface area contributed by atoms with Crippen LogP contribution in [0, 0.1) is 0 Å². The first-order chi connectivity index (χ1) is 6.92. The smallest absolute Gasteiger partial charge is 0.0454 e. The Morgan fingerprint density at radius 1 is 1.29 bits per heavy atom. The molecule has 14 heavy (non-hydrogen) atoms. The number of benzene rings is 1. The monoisotopic (exact) mass is 206 g/mol. The molecule has 0 aliphatic carbocycles. The zero-order valence-corrected chi connectivity index (χ0v) is 9.03. The number of fused-ring (bicyclic) bond motifs is 1. The SMILES string of the molecule is CNCNCc1csc2ccccc12. The Balaban J connectivity index is 2.17. The maximum absolute atomic E-state index is 3.33. The third-order valence-corrected chi connectivity index (χ3v) is 3.19. The van der Waals surface area contributed by atoms with Gasteiger partial charge in [0.25, 0.3) is 0 Å². The standard InChI is InChI=1S/C11H14N2S/c1-12-8-13-6-9-7-14-11-5-3-2-4-10(9)11/h2-5,7,12-13H,6,8H2,1H3. The van der Waals surface area contributed by atoms with E-state index in [1.807, 2.05) is 18.4 Å². The van der Waals surface area contributed by atoms with Gasteiger partial charge in [0.15, 0.2) is 0 Å². The maximum Gasteiger partial charge on any atom is 0.0454 e. The highest BCUT2D eigenvalue weighted by Crippen LogP contribution is 2.25. The van der Waals surface area contributed by atoms with E-state index in [1.165, 1.54) is 15.6 Å². The topological polar surface area (TPSA) is 24.1 Å². The van der Waals surface area contributed by atoms with Gasteiger partial charge in [0.2, 0.25) is 0 Å². The molecule has 2 N–H and O–H groups in total. The molecule has 0 fully saturated rings. The van der Waals surface area contributed by atoms with E-state index in [0.717, 1.165) is 13.2 Å². The molecule has 1 aromatic heterocycles. The van der Waals surface area contributed by atoms with Gasteiger partial charge in [-0.05, 0) is 29.4 Å². The normalized spacial score (nSPS) is 10.9. The molecule has 2 nitrogen and oxygen atoms in total. The van der Waals surface area contributed by atoms with E-state index in [-0.39, 0.29) is 0 Å². The van der Waals surface area contributed by atoms with Crippen molar-refractivity contribution in [2.75, 3.05) is 13.7 Å². The molecule has 1 heterocycles. The Hall–Kier alpha value is -0.900. The van der Waals surface area contributed by atoms with E-state index < -0.39 is 0 Å². The molecule has 1 aromatic carbocycles. The van der Waals surface area contributed by atoms with Crippen molar-refractivity contribution in [3.05, 3.63) is 35.2 Å². The molecular formula is C11H14N2S. The van der Waals surface area contributed by atoms with Crippen LogP contribution < -0.4 is 10.6 Å². The Bertz CT molecular complexity index is 408. The quantitative estimate of drug-likeness (QED) is 0.592. The summed E-state index contributed by atoms with van der Waals surface area (Å²) in [6.07, 6.45) is 0. The van der Waals surface area contributed by atoms with Crippen LogP contribution in [0.5, 0.6) is 0 Å². The summed E-state index contributed by atoms with van der Waals surface area (Å²) in [6, 6.07) is 8.53. The molecule has 0 aliphatic rings. The summed E-state index contributed by atoms with van der Waals surface area (Å²) in [7, 11) is 1.94. The van der Waals surface area contributed by atoms with Crippen LogP contribution in [0.25, 0.3) is 10.1 Å². The summed E-state index contributed by atoms with van der Waals surface area (Å²) in [5.41, 5.74) is 1.39. The van der Waals surface area contributed by atoms with Gasteiger partial charge in [-0.2, -0.15) is 0 Å². The zero-order chi connectivity index (χ0) is 9.80. The summed E-state index contributed by atoms with van der Waals surface area (Å²) >= 11 is 1.81. The Morgan fingerprint density at radius 3 is 3.00 bits per heavy atom. The van der Waals surface area contributed by atoms with Gasteiger partial charge in [-0.3, -0.25) is 0 Å². The number of hydrogen-bond donors (Lipinski definition) is 2. The first kappa shape index (κ1) is 9.65. The van der Waals surface area contributed by atoms with Crippen LogP contribution in [0.2, 0.25) is 0 Å². The molecule has 0 unspecified atom stereocenters. The first-order valence-corrected chi connectivity index (χ1v) is 5.60. The Kier molecular flexibility index (Phi) is 3.14. The van der Waals surface area contributed by atoms with Crippen LogP contribution in [0.4, 0.5) is 0 Å². The van der Waals surface area contributed by atoms with E-state index in [2.05, 4.69) is 40.3 Å². The third-order valence-electron chi connectivity index (χ3n) is 2.18. The molecule has 0 saturated heterocycles. The van der Waals surface area contributed by atoms with Gasteiger partial charge in [0, 0.05) is 17.9 Å². The lowest BCUT2D eigenvalue weighted by Crippen LogP contribution is -2.25. The minimum atomic E-state index is 0.851. The van der Waals surface area contributed by atoms with Gasteiger partial charge in [0.05, 0.1) is 0 Å². The molecule has 0 spiro atoms. The van der Waals surface area contributed by atoms with Gasteiger partial charge in [-0.1, -0.05) is 18.2 Å². The second kappa shape index (κ2) is 4.55. The van der Waals surface area contributed by atoms with Crippen molar-refractivity contribution in [3.8, 4) is 0 Å². The zero-order valence-electron chi connectivity index (χ0n) is 8.21. The maximum atomic E-state index is 3.33. The van der Waals surface area contributed by atoms with Crippen LogP contribution in [0.15, 0.2) is 29.6 Å². The molecule has 3 heteroatoms. The van der Waals surface area contributed by atoms with Crippen LogP contribution in [0.3, 0.4) is 0 Å². The molecule has 0 aliphatic heterocycles. The minimum Gasteiger partial charge on any atom is -0.308 e. The number of hydrogen-bond acceptors (Lipinski definition) is 3. The molecule has 0 radical (unpaired) electrons. The summed E-state index contributed by atoms with van der Waals surface area (Å²) in [5, 5.41) is 10.0. The largest absolute Gasteiger partial charge is 0.308 e. The van der Waals surface area contributed by atoms with Gasteiger partial charge in [-0.25, -0.2) is 0 Å². The Labute approximate surface area is 87.9 Å². The summed E-state index contributed by atoms with van der Waals surface area (Å²) in [4.78, 5) is 0. The van der Waals surface area contributed by atoms with E-state index >= 15 is 0 Å². The summed E-state index contributed by atoms with van der Waals surface area (Å²) < 4.78 is 1.37. The van der Waals surface area contributed by atoms with Gasteiger partial charge >= 0.3 is 0 Å².